The van der Waals surface area contributed by atoms with Crippen LogP contribution < -0.4 is 5.32 Å². The smallest absolute Gasteiger partial charge is 0.0807 e. The van der Waals surface area contributed by atoms with Crippen LogP contribution in [-0.4, -0.2) is 24.8 Å². The third kappa shape index (κ3) is 3.91. The van der Waals surface area contributed by atoms with Crippen molar-refractivity contribution in [2.45, 2.75) is 64.5 Å². The SMILES string of the molecule is C=C(C)CCC(NCCC)C1(C)CCCO1. The molecule has 1 fully saturated rings. The fraction of sp³-hybridized carbons (Fsp3) is 0.857. The Morgan fingerprint density at radius 1 is 1.56 bits per heavy atom. The zero-order chi connectivity index (χ0) is 12.0. The molecule has 0 aromatic rings. The maximum atomic E-state index is 5.94. The van der Waals surface area contributed by atoms with Crippen molar-refractivity contribution in [2.24, 2.45) is 0 Å². The molecule has 0 amide bonds. The topological polar surface area (TPSA) is 21.3 Å². The average Bonchev–Trinajstić information content (AvgIpc) is 2.65. The second-order valence-electron chi connectivity index (χ2n) is 5.27. The van der Waals surface area contributed by atoms with Crippen molar-refractivity contribution in [2.75, 3.05) is 13.2 Å². The van der Waals surface area contributed by atoms with Crippen molar-refractivity contribution < 1.29 is 4.74 Å². The molecular weight excluding hydrogens is 198 g/mol. The first kappa shape index (κ1) is 13.7. The molecule has 1 heterocycles. The van der Waals surface area contributed by atoms with Crippen LogP contribution in [0.15, 0.2) is 12.2 Å². The second kappa shape index (κ2) is 6.41. The Balaban J connectivity index is 2.51. The minimum atomic E-state index is 0.0463. The summed E-state index contributed by atoms with van der Waals surface area (Å²) in [6.07, 6.45) is 5.81. The summed E-state index contributed by atoms with van der Waals surface area (Å²) in [5.41, 5.74) is 1.31. The molecule has 0 spiro atoms. The molecular formula is C14H27NO. The van der Waals surface area contributed by atoms with Gasteiger partial charge in [0.2, 0.25) is 0 Å². The summed E-state index contributed by atoms with van der Waals surface area (Å²) in [6.45, 7) is 12.6. The predicted octanol–water partition coefficient (Wildman–Crippen LogP) is 3.28. The summed E-state index contributed by atoms with van der Waals surface area (Å²) in [7, 11) is 0. The Bertz CT molecular complexity index is 219. The number of nitrogens with one attached hydrogen (secondary N) is 1. The van der Waals surface area contributed by atoms with E-state index in [9.17, 15) is 0 Å². The van der Waals surface area contributed by atoms with Crippen LogP contribution in [0.2, 0.25) is 0 Å². The molecule has 2 nitrogen and oxygen atoms in total. The number of hydrogen-bond donors (Lipinski definition) is 1. The van der Waals surface area contributed by atoms with Crippen molar-refractivity contribution in [1.82, 2.24) is 5.32 Å². The van der Waals surface area contributed by atoms with Crippen LogP contribution >= 0.6 is 0 Å². The van der Waals surface area contributed by atoms with Crippen LogP contribution in [0, 0.1) is 0 Å². The molecule has 0 aromatic heterocycles. The van der Waals surface area contributed by atoms with E-state index in [1.54, 1.807) is 0 Å². The van der Waals surface area contributed by atoms with Gasteiger partial charge in [0.05, 0.1) is 5.60 Å². The molecule has 1 N–H and O–H groups in total. The Morgan fingerprint density at radius 3 is 2.81 bits per heavy atom. The summed E-state index contributed by atoms with van der Waals surface area (Å²) in [4.78, 5) is 0. The molecule has 2 unspecified atom stereocenters. The summed E-state index contributed by atoms with van der Waals surface area (Å²) in [6, 6.07) is 0.478. The summed E-state index contributed by atoms with van der Waals surface area (Å²) in [5, 5.41) is 3.64. The lowest BCUT2D eigenvalue weighted by molar-refractivity contribution is -0.0136. The maximum Gasteiger partial charge on any atom is 0.0807 e. The largest absolute Gasteiger partial charge is 0.374 e. The highest BCUT2D eigenvalue weighted by molar-refractivity contribution is 4.96. The predicted molar refractivity (Wildman–Crippen MR) is 69.7 cm³/mol. The Hall–Kier alpha value is -0.340. The van der Waals surface area contributed by atoms with Gasteiger partial charge in [-0.2, -0.15) is 0 Å². The number of ether oxygens (including phenoxy) is 1. The molecule has 1 rings (SSSR count). The van der Waals surface area contributed by atoms with Crippen LogP contribution in [0.5, 0.6) is 0 Å². The molecule has 2 atom stereocenters. The normalized spacial score (nSPS) is 26.9. The monoisotopic (exact) mass is 225 g/mol. The van der Waals surface area contributed by atoms with Crippen LogP contribution in [0.3, 0.4) is 0 Å². The fourth-order valence-corrected chi connectivity index (χ4v) is 2.41. The maximum absolute atomic E-state index is 5.94. The fourth-order valence-electron chi connectivity index (χ4n) is 2.41. The lowest BCUT2D eigenvalue weighted by Gasteiger charge is -2.34. The van der Waals surface area contributed by atoms with Gasteiger partial charge in [-0.3, -0.25) is 0 Å². The van der Waals surface area contributed by atoms with E-state index in [-0.39, 0.29) is 5.60 Å². The number of allylic oxidation sites excluding steroid dienone is 1. The Kier molecular flexibility index (Phi) is 5.50. The first-order chi connectivity index (χ1) is 7.58. The van der Waals surface area contributed by atoms with E-state index in [1.165, 1.54) is 24.8 Å². The molecule has 1 aliphatic rings. The van der Waals surface area contributed by atoms with Crippen molar-refractivity contribution >= 4 is 0 Å². The van der Waals surface area contributed by atoms with Crippen LogP contribution in [-0.2, 0) is 4.74 Å². The molecule has 0 radical (unpaired) electrons. The first-order valence-corrected chi connectivity index (χ1v) is 6.60. The molecule has 94 valence electrons. The summed E-state index contributed by atoms with van der Waals surface area (Å²) in [5.74, 6) is 0. The summed E-state index contributed by atoms with van der Waals surface area (Å²) < 4.78 is 5.94. The van der Waals surface area contributed by atoms with Crippen molar-refractivity contribution in [3.05, 3.63) is 12.2 Å². The van der Waals surface area contributed by atoms with E-state index in [0.717, 1.165) is 26.0 Å². The van der Waals surface area contributed by atoms with Crippen molar-refractivity contribution in [3.63, 3.8) is 0 Å². The van der Waals surface area contributed by atoms with Crippen molar-refractivity contribution in [3.8, 4) is 0 Å². The highest BCUT2D eigenvalue weighted by atomic mass is 16.5. The van der Waals surface area contributed by atoms with Gasteiger partial charge in [0.1, 0.15) is 0 Å². The van der Waals surface area contributed by atoms with Gasteiger partial charge in [-0.1, -0.05) is 12.5 Å². The minimum Gasteiger partial charge on any atom is -0.374 e. The third-order valence-corrected chi connectivity index (χ3v) is 3.49. The van der Waals surface area contributed by atoms with E-state index in [1.807, 2.05) is 0 Å². The number of rotatable bonds is 7. The van der Waals surface area contributed by atoms with Gasteiger partial charge in [-0.05, 0) is 52.5 Å². The molecule has 1 saturated heterocycles. The van der Waals surface area contributed by atoms with E-state index in [0.29, 0.717) is 6.04 Å². The first-order valence-electron chi connectivity index (χ1n) is 6.60. The quantitative estimate of drug-likeness (QED) is 0.671. The van der Waals surface area contributed by atoms with E-state index in [2.05, 4.69) is 32.7 Å². The van der Waals surface area contributed by atoms with E-state index in [4.69, 9.17) is 4.74 Å². The Morgan fingerprint density at radius 2 is 2.31 bits per heavy atom. The van der Waals surface area contributed by atoms with Gasteiger partial charge >= 0.3 is 0 Å². The van der Waals surface area contributed by atoms with Gasteiger partial charge in [0, 0.05) is 12.6 Å². The van der Waals surface area contributed by atoms with Crippen LogP contribution in [0.25, 0.3) is 0 Å². The lowest BCUT2D eigenvalue weighted by Crippen LogP contribution is -2.48. The zero-order valence-corrected chi connectivity index (χ0v) is 11.1. The lowest BCUT2D eigenvalue weighted by atomic mass is 9.89. The zero-order valence-electron chi connectivity index (χ0n) is 11.1. The molecule has 0 aromatic carbocycles. The average molecular weight is 225 g/mol. The van der Waals surface area contributed by atoms with Crippen LogP contribution in [0.4, 0.5) is 0 Å². The second-order valence-corrected chi connectivity index (χ2v) is 5.27. The third-order valence-electron chi connectivity index (χ3n) is 3.49. The van der Waals surface area contributed by atoms with E-state index >= 15 is 0 Å². The minimum absolute atomic E-state index is 0.0463. The van der Waals surface area contributed by atoms with Crippen molar-refractivity contribution in [1.29, 1.82) is 0 Å². The molecule has 0 bridgehead atoms. The van der Waals surface area contributed by atoms with Crippen LogP contribution in [0.1, 0.15) is 52.9 Å². The molecule has 0 saturated carbocycles. The molecule has 16 heavy (non-hydrogen) atoms. The molecule has 0 aliphatic carbocycles. The number of hydrogen-bond acceptors (Lipinski definition) is 2. The van der Waals surface area contributed by atoms with Gasteiger partial charge in [-0.15, -0.1) is 6.58 Å². The highest BCUT2D eigenvalue weighted by Crippen LogP contribution is 2.31. The highest BCUT2D eigenvalue weighted by Gasteiger charge is 2.37. The molecule has 1 aliphatic heterocycles. The van der Waals surface area contributed by atoms with Gasteiger partial charge in [-0.25, -0.2) is 0 Å². The summed E-state index contributed by atoms with van der Waals surface area (Å²) >= 11 is 0. The van der Waals surface area contributed by atoms with E-state index < -0.39 is 0 Å². The van der Waals surface area contributed by atoms with Gasteiger partial charge in [0.15, 0.2) is 0 Å². The standard InChI is InChI=1S/C14H27NO/c1-5-10-15-13(8-7-12(2)3)14(4)9-6-11-16-14/h13,15H,2,5-11H2,1,3-4H3. The Labute approximate surface area is 100 Å². The van der Waals surface area contributed by atoms with Gasteiger partial charge in [0.25, 0.3) is 0 Å². The molecule has 2 heteroatoms. The van der Waals surface area contributed by atoms with Gasteiger partial charge < -0.3 is 10.1 Å².